The number of hydrogen-bond acceptors (Lipinski definition) is 5. The van der Waals surface area contributed by atoms with Crippen molar-refractivity contribution >= 4 is 16.9 Å². The van der Waals surface area contributed by atoms with E-state index in [0.717, 1.165) is 25.7 Å². The van der Waals surface area contributed by atoms with Crippen molar-refractivity contribution in [2.24, 2.45) is 0 Å². The summed E-state index contributed by atoms with van der Waals surface area (Å²) in [6.07, 6.45) is 0.398. The highest BCUT2D eigenvalue weighted by Crippen LogP contribution is 2.22. The Morgan fingerprint density at radius 3 is 2.51 bits per heavy atom. The fourth-order valence-corrected chi connectivity index (χ4v) is 4.06. The van der Waals surface area contributed by atoms with E-state index >= 15 is 0 Å². The molecule has 0 N–H and O–H groups in total. The minimum atomic E-state index is -0.920. The Morgan fingerprint density at radius 1 is 1.03 bits per heavy atom. The second-order valence-electron chi connectivity index (χ2n) is 8.16. The molecule has 0 aliphatic carbocycles. The van der Waals surface area contributed by atoms with E-state index in [1.54, 1.807) is 29.7 Å². The fourth-order valence-electron chi connectivity index (χ4n) is 4.06. The summed E-state index contributed by atoms with van der Waals surface area (Å²) in [4.78, 5) is 27.5. The molecule has 0 radical (unpaired) electrons. The van der Waals surface area contributed by atoms with Crippen molar-refractivity contribution in [2.75, 3.05) is 32.8 Å². The van der Waals surface area contributed by atoms with Crippen LogP contribution in [-0.2, 0) is 28.9 Å². The number of rotatable bonds is 12. The van der Waals surface area contributed by atoms with Gasteiger partial charge in [0.15, 0.2) is 17.1 Å². The number of esters is 1. The van der Waals surface area contributed by atoms with Crippen LogP contribution in [0.2, 0.25) is 0 Å². The number of likely N-dealkylation sites (N-methyl/N-ethyl adjacent to an activating group) is 1. The standard InChI is InChI=1S/C27H32F2N2O4/c1-4-30(5-2)14-15-35-21-12-13-22-24(17-21)31(18-26(33)34-6-3)20(16-25(22)32)11-10-19-8-7-9-23(28)27(19)29/h7-9,12-13,16-17H,4-6,10-11,14-15,18H2,1-3H3. The van der Waals surface area contributed by atoms with Gasteiger partial charge in [0.2, 0.25) is 0 Å². The number of pyridine rings is 1. The smallest absolute Gasteiger partial charge is 0.325 e. The molecule has 0 fully saturated rings. The van der Waals surface area contributed by atoms with Crippen LogP contribution in [0.15, 0.2) is 47.3 Å². The summed E-state index contributed by atoms with van der Waals surface area (Å²) in [6.45, 7) is 9.09. The van der Waals surface area contributed by atoms with Gasteiger partial charge in [-0.15, -0.1) is 0 Å². The number of ether oxygens (including phenoxy) is 2. The molecule has 0 amide bonds. The lowest BCUT2D eigenvalue weighted by Gasteiger charge is -2.19. The summed E-state index contributed by atoms with van der Waals surface area (Å²) in [6, 6.07) is 10.6. The van der Waals surface area contributed by atoms with Crippen LogP contribution in [0.1, 0.15) is 32.0 Å². The van der Waals surface area contributed by atoms with E-state index < -0.39 is 17.6 Å². The molecule has 35 heavy (non-hydrogen) atoms. The first-order chi connectivity index (χ1) is 16.9. The number of nitrogens with zero attached hydrogens (tertiary/aromatic N) is 2. The van der Waals surface area contributed by atoms with Gasteiger partial charge in [0.05, 0.1) is 12.1 Å². The summed E-state index contributed by atoms with van der Waals surface area (Å²) >= 11 is 0. The number of carbonyl (C=O) groups is 1. The van der Waals surface area contributed by atoms with E-state index in [0.29, 0.717) is 29.0 Å². The molecule has 188 valence electrons. The number of fused-ring (bicyclic) bond motifs is 1. The molecule has 1 aromatic heterocycles. The highest BCUT2D eigenvalue weighted by Gasteiger charge is 2.16. The fraction of sp³-hybridized carbons (Fsp3) is 0.407. The van der Waals surface area contributed by atoms with Crippen LogP contribution in [0, 0.1) is 11.6 Å². The van der Waals surface area contributed by atoms with Crippen LogP contribution in [0.4, 0.5) is 8.78 Å². The lowest BCUT2D eigenvalue weighted by molar-refractivity contribution is -0.143. The van der Waals surface area contributed by atoms with Gasteiger partial charge in [0, 0.05) is 29.8 Å². The summed E-state index contributed by atoms with van der Waals surface area (Å²) < 4.78 is 40.6. The van der Waals surface area contributed by atoms with E-state index in [9.17, 15) is 18.4 Å². The molecular weight excluding hydrogens is 454 g/mol. The molecular formula is C27H32F2N2O4. The second-order valence-corrected chi connectivity index (χ2v) is 8.16. The predicted molar refractivity (Wildman–Crippen MR) is 132 cm³/mol. The third kappa shape index (κ3) is 6.66. The average molecular weight is 487 g/mol. The zero-order valence-electron chi connectivity index (χ0n) is 20.5. The van der Waals surface area contributed by atoms with Crippen LogP contribution in [0.25, 0.3) is 10.9 Å². The maximum atomic E-state index is 14.2. The molecule has 0 saturated heterocycles. The highest BCUT2D eigenvalue weighted by atomic mass is 19.2. The number of halogens is 2. The monoisotopic (exact) mass is 486 g/mol. The van der Waals surface area contributed by atoms with E-state index in [2.05, 4.69) is 18.7 Å². The van der Waals surface area contributed by atoms with Gasteiger partial charge < -0.3 is 18.9 Å². The molecule has 0 saturated carbocycles. The van der Waals surface area contributed by atoms with Crippen molar-refractivity contribution in [3.63, 3.8) is 0 Å². The zero-order chi connectivity index (χ0) is 25.4. The summed E-state index contributed by atoms with van der Waals surface area (Å²) in [7, 11) is 0. The second kappa shape index (κ2) is 12.4. The Bertz CT molecular complexity index is 1220. The van der Waals surface area contributed by atoms with Crippen LogP contribution in [0.3, 0.4) is 0 Å². The van der Waals surface area contributed by atoms with Crippen molar-refractivity contribution in [1.29, 1.82) is 0 Å². The lowest BCUT2D eigenvalue weighted by atomic mass is 10.0. The number of hydrogen-bond donors (Lipinski definition) is 0. The van der Waals surface area contributed by atoms with Crippen molar-refractivity contribution in [2.45, 2.75) is 40.2 Å². The highest BCUT2D eigenvalue weighted by molar-refractivity contribution is 5.82. The maximum absolute atomic E-state index is 14.2. The molecule has 2 aromatic carbocycles. The normalized spacial score (nSPS) is 11.3. The molecule has 0 unspecified atom stereocenters. The number of carbonyl (C=O) groups excluding carboxylic acids is 1. The molecule has 3 aromatic rings. The van der Waals surface area contributed by atoms with Gasteiger partial charge in [-0.3, -0.25) is 9.59 Å². The molecule has 0 aliphatic rings. The molecule has 0 spiro atoms. The first-order valence-corrected chi connectivity index (χ1v) is 12.0. The molecule has 0 atom stereocenters. The minimum absolute atomic E-state index is 0.117. The van der Waals surface area contributed by atoms with Gasteiger partial charge >= 0.3 is 5.97 Å². The Labute approximate surface area is 204 Å². The summed E-state index contributed by atoms with van der Waals surface area (Å²) in [5.74, 6) is -1.70. The van der Waals surface area contributed by atoms with E-state index in [1.165, 1.54) is 18.2 Å². The Morgan fingerprint density at radius 2 is 1.80 bits per heavy atom. The number of aromatic nitrogens is 1. The third-order valence-electron chi connectivity index (χ3n) is 6.02. The SMILES string of the molecule is CCOC(=O)Cn1c(CCc2cccc(F)c2F)cc(=O)c2ccc(OCCN(CC)CC)cc21. The summed E-state index contributed by atoms with van der Waals surface area (Å²) in [5, 5.41) is 0.436. The van der Waals surface area contributed by atoms with Gasteiger partial charge in [-0.05, 0) is 56.6 Å². The molecule has 8 heteroatoms. The molecule has 3 rings (SSSR count). The molecule has 0 bridgehead atoms. The Kier molecular flexibility index (Phi) is 9.37. The average Bonchev–Trinajstić information content (AvgIpc) is 2.85. The first-order valence-electron chi connectivity index (χ1n) is 12.0. The van der Waals surface area contributed by atoms with Crippen molar-refractivity contribution < 1.29 is 23.0 Å². The quantitative estimate of drug-likeness (QED) is 0.356. The first kappa shape index (κ1) is 26.3. The van der Waals surface area contributed by atoms with Gasteiger partial charge in [-0.1, -0.05) is 26.0 Å². The van der Waals surface area contributed by atoms with Gasteiger partial charge in [-0.2, -0.15) is 0 Å². The third-order valence-corrected chi connectivity index (χ3v) is 6.02. The van der Waals surface area contributed by atoms with E-state index in [-0.39, 0.29) is 37.0 Å². The Balaban J connectivity index is 1.97. The molecule has 6 nitrogen and oxygen atoms in total. The van der Waals surface area contributed by atoms with Crippen molar-refractivity contribution in [3.8, 4) is 5.75 Å². The minimum Gasteiger partial charge on any atom is -0.492 e. The number of benzene rings is 2. The van der Waals surface area contributed by atoms with Crippen molar-refractivity contribution in [3.05, 3.63) is 75.6 Å². The molecule has 0 aliphatic heterocycles. The largest absolute Gasteiger partial charge is 0.492 e. The maximum Gasteiger partial charge on any atom is 0.325 e. The predicted octanol–water partition coefficient (Wildman–Crippen LogP) is 4.35. The van der Waals surface area contributed by atoms with Crippen molar-refractivity contribution in [1.82, 2.24) is 9.47 Å². The van der Waals surface area contributed by atoms with Gasteiger partial charge in [0.25, 0.3) is 0 Å². The summed E-state index contributed by atoms with van der Waals surface area (Å²) in [5.41, 5.74) is 1.04. The van der Waals surface area contributed by atoms with Gasteiger partial charge in [0.1, 0.15) is 18.9 Å². The van der Waals surface area contributed by atoms with Crippen LogP contribution < -0.4 is 10.2 Å². The van der Waals surface area contributed by atoms with Crippen LogP contribution >= 0.6 is 0 Å². The van der Waals surface area contributed by atoms with E-state index in [1.807, 2.05) is 0 Å². The molecule has 1 heterocycles. The van der Waals surface area contributed by atoms with Crippen LogP contribution in [-0.4, -0.2) is 48.3 Å². The lowest BCUT2D eigenvalue weighted by Crippen LogP contribution is -2.27. The van der Waals surface area contributed by atoms with Gasteiger partial charge in [-0.25, -0.2) is 8.78 Å². The zero-order valence-corrected chi connectivity index (χ0v) is 20.5. The van der Waals surface area contributed by atoms with Crippen LogP contribution in [0.5, 0.6) is 5.75 Å². The topological polar surface area (TPSA) is 60.8 Å². The van der Waals surface area contributed by atoms with E-state index in [4.69, 9.17) is 9.47 Å². The number of aryl methyl sites for hydroxylation is 2. The Hall–Kier alpha value is -3.26.